The minimum absolute atomic E-state index is 0.0278. The van der Waals surface area contributed by atoms with Crippen LogP contribution in [0.25, 0.3) is 96.7 Å². The van der Waals surface area contributed by atoms with Crippen molar-refractivity contribution in [3.8, 4) is 5.69 Å². The van der Waals surface area contributed by atoms with Crippen molar-refractivity contribution in [2.75, 3.05) is 0 Å². The Balaban J connectivity index is 1.07. The van der Waals surface area contributed by atoms with Gasteiger partial charge in [-0.05, 0) is 106 Å². The second-order valence-electron chi connectivity index (χ2n) is 18.7. The first kappa shape index (κ1) is 37.4. The number of furan rings is 1. The van der Waals surface area contributed by atoms with E-state index in [-0.39, 0.29) is 11.8 Å². The summed E-state index contributed by atoms with van der Waals surface area (Å²) < 4.78 is 12.3. The first-order chi connectivity index (χ1) is 33.1. The number of hydrogen-bond donors (Lipinski definition) is 0. The molecule has 9 aromatic carbocycles. The molecule has 3 aromatic heterocycles. The van der Waals surface area contributed by atoms with Crippen LogP contribution in [0.2, 0.25) is 0 Å². The average molecular weight is 876 g/mol. The molecule has 67 heavy (non-hydrogen) atoms. The Labute approximate surface area is 390 Å². The van der Waals surface area contributed by atoms with Gasteiger partial charge in [0, 0.05) is 64.3 Å². The molecule has 0 saturated heterocycles. The Hall–Kier alpha value is -7.86. The summed E-state index contributed by atoms with van der Waals surface area (Å²) in [4.78, 5) is 11.8. The molecule has 3 aliphatic rings. The van der Waals surface area contributed by atoms with E-state index >= 15 is 0 Å². The maximum absolute atomic E-state index is 7.24. The number of benzene rings is 9. The third-order valence-corrected chi connectivity index (χ3v) is 16.3. The summed E-state index contributed by atoms with van der Waals surface area (Å²) in [5, 5.41) is 12.1. The van der Waals surface area contributed by atoms with Crippen LogP contribution in [0, 0.1) is 11.8 Å². The monoisotopic (exact) mass is 875 g/mol. The van der Waals surface area contributed by atoms with Gasteiger partial charge in [-0.15, -0.1) is 11.3 Å². The largest absolute Gasteiger partial charge is 0.456 e. The van der Waals surface area contributed by atoms with E-state index in [0.29, 0.717) is 0 Å². The zero-order valence-corrected chi connectivity index (χ0v) is 37.5. The third-order valence-electron chi connectivity index (χ3n) is 15.2. The van der Waals surface area contributed by atoms with E-state index in [9.17, 15) is 0 Å². The molecule has 4 heterocycles. The normalized spacial score (nSPS) is 19.3. The van der Waals surface area contributed by atoms with E-state index in [1.165, 1.54) is 69.2 Å². The minimum atomic E-state index is -0.722. The number of amidine groups is 1. The lowest BCUT2D eigenvalue weighted by Gasteiger charge is -2.25. The van der Waals surface area contributed by atoms with Crippen LogP contribution in [0.3, 0.4) is 0 Å². The SMILES string of the molecule is CC1C2C(c3cccc4sc5ccccc5c34)=NC(c3cccc(C4=CCCC=C4)c3)=N[C@@]12c1c(-n2c3cc4ccccc4cc3c3c4ccccc4ccc32)ccc2c1oc1ccccc12. The second kappa shape index (κ2) is 13.8. The number of nitrogens with zero attached hydrogens (tertiary/aromatic N) is 3. The van der Waals surface area contributed by atoms with E-state index in [2.05, 4.69) is 206 Å². The lowest BCUT2D eigenvalue weighted by Crippen LogP contribution is -2.24. The van der Waals surface area contributed by atoms with E-state index in [0.717, 1.165) is 74.2 Å². The molecule has 12 aromatic rings. The highest BCUT2D eigenvalue weighted by atomic mass is 32.1. The zero-order valence-electron chi connectivity index (χ0n) is 36.7. The zero-order chi connectivity index (χ0) is 44.0. The molecule has 4 nitrogen and oxygen atoms in total. The van der Waals surface area contributed by atoms with Crippen LogP contribution in [0.15, 0.2) is 209 Å². The maximum Gasteiger partial charge on any atom is 0.155 e. The Morgan fingerprint density at radius 2 is 1.36 bits per heavy atom. The lowest BCUT2D eigenvalue weighted by molar-refractivity contribution is 0.615. The Kier molecular flexibility index (Phi) is 7.72. The van der Waals surface area contributed by atoms with Gasteiger partial charge in [-0.2, -0.15) is 0 Å². The molecule has 3 atom stereocenters. The number of aromatic nitrogens is 1. The van der Waals surface area contributed by atoms with Gasteiger partial charge in [0.05, 0.1) is 22.4 Å². The molecule has 0 radical (unpaired) electrons. The predicted octanol–water partition coefficient (Wildman–Crippen LogP) is 16.5. The van der Waals surface area contributed by atoms with Crippen molar-refractivity contribution in [1.82, 2.24) is 4.57 Å². The van der Waals surface area contributed by atoms with Crippen LogP contribution in [0.1, 0.15) is 42.0 Å². The lowest BCUT2D eigenvalue weighted by atomic mass is 9.91. The number of hydrogen-bond acceptors (Lipinski definition) is 4. The molecule has 316 valence electrons. The van der Waals surface area contributed by atoms with Gasteiger partial charge >= 0.3 is 0 Å². The quantitative estimate of drug-likeness (QED) is 0.170. The van der Waals surface area contributed by atoms with Crippen LogP contribution >= 0.6 is 11.3 Å². The van der Waals surface area contributed by atoms with Gasteiger partial charge in [-0.1, -0.05) is 146 Å². The van der Waals surface area contributed by atoms with Crippen LogP contribution in [-0.4, -0.2) is 16.1 Å². The molecule has 1 saturated carbocycles. The van der Waals surface area contributed by atoms with Crippen LogP contribution in [-0.2, 0) is 5.54 Å². The van der Waals surface area contributed by atoms with E-state index in [1.54, 1.807) is 0 Å². The van der Waals surface area contributed by atoms with Crippen molar-refractivity contribution in [3.63, 3.8) is 0 Å². The molecule has 5 heteroatoms. The molecule has 0 spiro atoms. The molecule has 1 aliphatic heterocycles. The predicted molar refractivity (Wildman–Crippen MR) is 283 cm³/mol. The molecular formula is C62H41N3OS. The van der Waals surface area contributed by atoms with Gasteiger partial charge in [-0.25, -0.2) is 4.99 Å². The second-order valence-corrected chi connectivity index (χ2v) is 19.8. The Morgan fingerprint density at radius 3 is 2.24 bits per heavy atom. The van der Waals surface area contributed by atoms with Crippen LogP contribution in [0.4, 0.5) is 0 Å². The minimum Gasteiger partial charge on any atom is -0.456 e. The van der Waals surface area contributed by atoms with Gasteiger partial charge in [0.25, 0.3) is 0 Å². The molecule has 0 N–H and O–H groups in total. The summed E-state index contributed by atoms with van der Waals surface area (Å²) in [5.74, 6) is 0.816. The number of thiophene rings is 1. The van der Waals surface area contributed by atoms with Crippen molar-refractivity contribution < 1.29 is 4.42 Å². The van der Waals surface area contributed by atoms with Gasteiger partial charge in [0.15, 0.2) is 5.84 Å². The summed E-state index contributed by atoms with van der Waals surface area (Å²) >= 11 is 1.86. The molecule has 2 aliphatic carbocycles. The number of rotatable bonds is 5. The first-order valence-corrected chi connectivity index (χ1v) is 24.3. The van der Waals surface area contributed by atoms with Gasteiger partial charge in [-0.3, -0.25) is 4.99 Å². The highest BCUT2D eigenvalue weighted by molar-refractivity contribution is 7.25. The maximum atomic E-state index is 7.24. The first-order valence-electron chi connectivity index (χ1n) is 23.5. The van der Waals surface area contributed by atoms with E-state index < -0.39 is 5.54 Å². The fourth-order valence-corrected chi connectivity index (χ4v) is 13.2. The molecule has 0 bridgehead atoms. The van der Waals surface area contributed by atoms with Gasteiger partial charge in [0.2, 0.25) is 0 Å². The Bertz CT molecular complexity index is 4270. The van der Waals surface area contributed by atoms with Crippen molar-refractivity contribution in [2.45, 2.75) is 25.3 Å². The average Bonchev–Trinajstić information content (AvgIpc) is 3.69. The number of fused-ring (bicyclic) bond motifs is 13. The summed E-state index contributed by atoms with van der Waals surface area (Å²) in [6, 6.07) is 64.6. The Morgan fingerprint density at radius 1 is 0.597 bits per heavy atom. The topological polar surface area (TPSA) is 42.8 Å². The number of aliphatic imine (C=N–C) groups is 2. The van der Waals surface area contributed by atoms with Gasteiger partial charge < -0.3 is 8.98 Å². The van der Waals surface area contributed by atoms with Crippen molar-refractivity contribution in [1.29, 1.82) is 0 Å². The third kappa shape index (κ3) is 5.23. The smallest absolute Gasteiger partial charge is 0.155 e. The number of allylic oxidation sites excluding steroid dienone is 4. The molecule has 2 unspecified atom stereocenters. The van der Waals surface area contributed by atoms with Crippen molar-refractivity contribution >= 4 is 114 Å². The fraction of sp³-hybridized carbons (Fsp3) is 0.0968. The highest BCUT2D eigenvalue weighted by Crippen LogP contribution is 2.67. The number of para-hydroxylation sites is 1. The molecule has 0 amide bonds. The summed E-state index contributed by atoms with van der Waals surface area (Å²) in [6.45, 7) is 2.39. The van der Waals surface area contributed by atoms with E-state index in [1.807, 2.05) is 11.3 Å². The molecule has 1 fully saturated rings. The van der Waals surface area contributed by atoms with E-state index in [4.69, 9.17) is 14.4 Å². The highest BCUT2D eigenvalue weighted by Gasteiger charge is 2.69. The summed E-state index contributed by atoms with van der Waals surface area (Å²) in [7, 11) is 0. The summed E-state index contributed by atoms with van der Waals surface area (Å²) in [5.41, 5.74) is 11.3. The fourth-order valence-electron chi connectivity index (χ4n) is 12.1. The summed E-state index contributed by atoms with van der Waals surface area (Å²) in [6.07, 6.45) is 9.01. The van der Waals surface area contributed by atoms with Crippen molar-refractivity contribution in [2.24, 2.45) is 21.8 Å². The standard InChI is InChI=1S/C62H41N3OS/c1-36-57-59(47-25-14-28-54-56(47)46-24-10-12-27-53(46)67-54)63-61(42-21-13-20-39(33-42)37-15-3-2-4-16-37)64-62(36,57)58-50(32-30-45-44-23-9-11-26-52(44)66-60(45)58)65-49-31-29-38-17-7-8-22-43(38)55(49)48-34-40-18-5-6-19-41(40)35-51(48)65/h3,5-36,57H,2,4H2,1H3/t36?,57?,62-/m0/s1. The van der Waals surface area contributed by atoms with Gasteiger partial charge in [0.1, 0.15) is 16.7 Å². The van der Waals surface area contributed by atoms with Crippen LogP contribution in [0.5, 0.6) is 0 Å². The molecule has 15 rings (SSSR count). The van der Waals surface area contributed by atoms with Crippen molar-refractivity contribution in [3.05, 3.63) is 216 Å². The van der Waals surface area contributed by atoms with Crippen LogP contribution < -0.4 is 0 Å². The molecular weight excluding hydrogens is 835 g/mol.